The van der Waals surface area contributed by atoms with Crippen molar-refractivity contribution in [2.75, 3.05) is 5.73 Å². The van der Waals surface area contributed by atoms with Crippen LogP contribution in [0.15, 0.2) is 18.2 Å². The molecule has 0 saturated carbocycles. The molecule has 1 aromatic heterocycles. The van der Waals surface area contributed by atoms with Crippen LogP contribution >= 0.6 is 11.6 Å². The van der Waals surface area contributed by atoms with Crippen LogP contribution in [0, 0.1) is 11.3 Å². The third-order valence-corrected chi connectivity index (χ3v) is 2.78. The first-order valence-electron chi connectivity index (χ1n) is 4.95. The highest BCUT2D eigenvalue weighted by molar-refractivity contribution is 6.33. The minimum atomic E-state index is -4.48. The van der Waals surface area contributed by atoms with Gasteiger partial charge in [-0.15, -0.1) is 0 Å². The van der Waals surface area contributed by atoms with Gasteiger partial charge in [0.15, 0.2) is 5.82 Å². The highest BCUT2D eigenvalue weighted by Crippen LogP contribution is 2.37. The van der Waals surface area contributed by atoms with Gasteiger partial charge in [0.2, 0.25) is 0 Å². The van der Waals surface area contributed by atoms with Gasteiger partial charge in [-0.3, -0.25) is 5.10 Å². The Balaban J connectivity index is 2.60. The van der Waals surface area contributed by atoms with E-state index in [2.05, 4.69) is 10.2 Å². The van der Waals surface area contributed by atoms with E-state index in [1.165, 1.54) is 0 Å². The van der Waals surface area contributed by atoms with Crippen LogP contribution in [0.4, 0.5) is 19.0 Å². The van der Waals surface area contributed by atoms with Gasteiger partial charge in [0, 0.05) is 10.6 Å². The molecule has 19 heavy (non-hydrogen) atoms. The molecule has 0 radical (unpaired) electrons. The summed E-state index contributed by atoms with van der Waals surface area (Å²) in [7, 11) is 0. The molecule has 4 nitrogen and oxygen atoms in total. The number of nitriles is 1. The first kappa shape index (κ1) is 13.2. The molecule has 0 fully saturated rings. The van der Waals surface area contributed by atoms with Crippen LogP contribution in [0.1, 0.15) is 11.3 Å². The van der Waals surface area contributed by atoms with E-state index in [1.807, 2.05) is 6.07 Å². The Morgan fingerprint density at radius 2 is 2.05 bits per heavy atom. The fourth-order valence-electron chi connectivity index (χ4n) is 1.60. The molecular weight excluding hydrogens is 281 g/mol. The maximum atomic E-state index is 12.5. The van der Waals surface area contributed by atoms with E-state index in [4.69, 9.17) is 22.6 Å². The summed E-state index contributed by atoms with van der Waals surface area (Å²) in [5.74, 6) is -0.00166. The molecule has 0 amide bonds. The Morgan fingerprint density at radius 1 is 1.37 bits per heavy atom. The number of rotatable bonds is 1. The van der Waals surface area contributed by atoms with E-state index >= 15 is 0 Å². The van der Waals surface area contributed by atoms with Crippen molar-refractivity contribution in [3.8, 4) is 17.2 Å². The van der Waals surface area contributed by atoms with Gasteiger partial charge in [-0.1, -0.05) is 17.7 Å². The normalized spacial score (nSPS) is 11.3. The van der Waals surface area contributed by atoms with Crippen molar-refractivity contribution in [1.82, 2.24) is 10.2 Å². The highest BCUT2D eigenvalue weighted by atomic mass is 35.5. The van der Waals surface area contributed by atoms with E-state index in [0.717, 1.165) is 18.2 Å². The highest BCUT2D eigenvalue weighted by Gasteiger charge is 2.31. The minimum absolute atomic E-state index is 0.00166. The van der Waals surface area contributed by atoms with Crippen molar-refractivity contribution < 1.29 is 13.2 Å². The molecule has 3 N–H and O–H groups in total. The molecule has 0 aliphatic rings. The molecule has 8 heteroatoms. The number of aromatic amines is 1. The SMILES string of the molecule is N#Cc1[nH]nc(N)c1-c1ccc(C(F)(F)F)cc1Cl. The van der Waals surface area contributed by atoms with Gasteiger partial charge in [-0.05, 0) is 12.1 Å². The first-order chi connectivity index (χ1) is 8.84. The summed E-state index contributed by atoms with van der Waals surface area (Å²) in [4.78, 5) is 0. The number of H-pyrrole nitrogens is 1. The summed E-state index contributed by atoms with van der Waals surface area (Å²) in [5.41, 5.74) is 5.15. The summed E-state index contributed by atoms with van der Waals surface area (Å²) >= 11 is 5.82. The second-order valence-corrected chi connectivity index (χ2v) is 4.07. The summed E-state index contributed by atoms with van der Waals surface area (Å²) in [6.45, 7) is 0. The molecule has 0 aliphatic carbocycles. The Morgan fingerprint density at radius 3 is 2.58 bits per heavy atom. The van der Waals surface area contributed by atoms with E-state index < -0.39 is 11.7 Å². The fraction of sp³-hybridized carbons (Fsp3) is 0.0909. The van der Waals surface area contributed by atoms with Crippen molar-refractivity contribution in [3.63, 3.8) is 0 Å². The monoisotopic (exact) mass is 286 g/mol. The molecule has 1 heterocycles. The van der Waals surface area contributed by atoms with Gasteiger partial charge >= 0.3 is 6.18 Å². The quantitative estimate of drug-likeness (QED) is 0.845. The third-order valence-electron chi connectivity index (χ3n) is 2.47. The molecule has 2 aromatic rings. The topological polar surface area (TPSA) is 78.5 Å². The summed E-state index contributed by atoms with van der Waals surface area (Å²) in [5, 5.41) is 14.7. The molecule has 0 atom stereocenters. The molecule has 0 saturated heterocycles. The average Bonchev–Trinajstić information content (AvgIpc) is 2.69. The number of anilines is 1. The van der Waals surface area contributed by atoms with Gasteiger partial charge in [-0.2, -0.15) is 23.5 Å². The van der Waals surface area contributed by atoms with E-state index in [1.54, 1.807) is 0 Å². The number of nitrogens with two attached hydrogens (primary N) is 1. The lowest BCUT2D eigenvalue weighted by Gasteiger charge is -2.09. The smallest absolute Gasteiger partial charge is 0.382 e. The molecule has 2 rings (SSSR count). The Labute approximate surface area is 110 Å². The number of nitrogen functional groups attached to an aromatic ring is 1. The van der Waals surface area contributed by atoms with Gasteiger partial charge in [-0.25, -0.2) is 0 Å². The Bertz CT molecular complexity index is 670. The number of aromatic nitrogens is 2. The second-order valence-electron chi connectivity index (χ2n) is 3.66. The van der Waals surface area contributed by atoms with Gasteiger partial charge in [0.1, 0.15) is 11.8 Å². The predicted molar refractivity (Wildman–Crippen MR) is 63.2 cm³/mol. The van der Waals surface area contributed by atoms with Crippen LogP contribution in [-0.2, 0) is 6.18 Å². The van der Waals surface area contributed by atoms with Crippen molar-refractivity contribution in [2.45, 2.75) is 6.18 Å². The summed E-state index contributed by atoms with van der Waals surface area (Å²) in [6, 6.07) is 4.62. The van der Waals surface area contributed by atoms with Crippen LogP contribution in [0.25, 0.3) is 11.1 Å². The van der Waals surface area contributed by atoms with Crippen molar-refractivity contribution in [3.05, 3.63) is 34.5 Å². The van der Waals surface area contributed by atoms with Crippen molar-refractivity contribution in [1.29, 1.82) is 5.26 Å². The standard InChI is InChI=1S/C11H6ClF3N4/c12-7-3-5(11(13,14)15)1-2-6(7)9-8(4-16)18-19-10(9)17/h1-3H,(H3,17,18,19). The lowest BCUT2D eigenvalue weighted by Crippen LogP contribution is -2.04. The van der Waals surface area contributed by atoms with E-state index in [9.17, 15) is 13.2 Å². The molecular formula is C11H6ClF3N4. The Hall–Kier alpha value is -2.20. The number of nitrogens with zero attached hydrogens (tertiary/aromatic N) is 2. The minimum Gasteiger partial charge on any atom is -0.382 e. The second kappa shape index (κ2) is 4.48. The van der Waals surface area contributed by atoms with Crippen LogP contribution in [-0.4, -0.2) is 10.2 Å². The number of hydrogen-bond donors (Lipinski definition) is 2. The van der Waals surface area contributed by atoms with Crippen molar-refractivity contribution >= 4 is 17.4 Å². The molecule has 0 spiro atoms. The molecule has 0 unspecified atom stereocenters. The van der Waals surface area contributed by atoms with Crippen LogP contribution in [0.5, 0.6) is 0 Å². The first-order valence-corrected chi connectivity index (χ1v) is 5.33. The van der Waals surface area contributed by atoms with Crippen molar-refractivity contribution in [2.24, 2.45) is 0 Å². The number of halogens is 4. The van der Waals surface area contributed by atoms with Gasteiger partial charge < -0.3 is 5.73 Å². The lowest BCUT2D eigenvalue weighted by atomic mass is 10.0. The predicted octanol–water partition coefficient (Wildman–Crippen LogP) is 3.20. The zero-order valence-electron chi connectivity index (χ0n) is 9.22. The maximum absolute atomic E-state index is 12.5. The van der Waals surface area contributed by atoms with Gasteiger partial charge in [0.05, 0.1) is 11.1 Å². The zero-order chi connectivity index (χ0) is 14.2. The number of alkyl halides is 3. The molecule has 98 valence electrons. The van der Waals surface area contributed by atoms with Crippen LogP contribution < -0.4 is 5.73 Å². The molecule has 0 aliphatic heterocycles. The van der Waals surface area contributed by atoms with Crippen LogP contribution in [0.3, 0.4) is 0 Å². The van der Waals surface area contributed by atoms with Crippen LogP contribution in [0.2, 0.25) is 5.02 Å². The zero-order valence-corrected chi connectivity index (χ0v) is 9.97. The maximum Gasteiger partial charge on any atom is 0.416 e. The lowest BCUT2D eigenvalue weighted by molar-refractivity contribution is -0.137. The number of benzene rings is 1. The van der Waals surface area contributed by atoms with E-state index in [-0.39, 0.29) is 27.7 Å². The fourth-order valence-corrected chi connectivity index (χ4v) is 1.88. The summed E-state index contributed by atoms with van der Waals surface area (Å²) in [6.07, 6.45) is -4.48. The third kappa shape index (κ3) is 2.35. The number of nitrogens with one attached hydrogen (secondary N) is 1. The summed E-state index contributed by atoms with van der Waals surface area (Å²) < 4.78 is 37.5. The van der Waals surface area contributed by atoms with E-state index in [0.29, 0.717) is 0 Å². The largest absolute Gasteiger partial charge is 0.416 e. The Kier molecular flexibility index (Phi) is 3.12. The molecule has 1 aromatic carbocycles. The molecule has 0 bridgehead atoms. The number of hydrogen-bond acceptors (Lipinski definition) is 3. The van der Waals surface area contributed by atoms with Gasteiger partial charge in [0.25, 0.3) is 0 Å². The average molecular weight is 287 g/mol.